The van der Waals surface area contributed by atoms with Crippen molar-refractivity contribution in [2.75, 3.05) is 13.2 Å². The number of halogens is 1. The lowest BCUT2D eigenvalue weighted by Gasteiger charge is -2.30. The second-order valence-corrected chi connectivity index (χ2v) is 4.18. The van der Waals surface area contributed by atoms with Gasteiger partial charge in [0.15, 0.2) is 0 Å². The van der Waals surface area contributed by atoms with Gasteiger partial charge in [-0.2, -0.15) is 0 Å². The third-order valence-electron chi connectivity index (χ3n) is 2.49. The summed E-state index contributed by atoms with van der Waals surface area (Å²) in [6, 6.07) is 1.17. The van der Waals surface area contributed by atoms with Crippen molar-refractivity contribution in [3.05, 3.63) is 29.8 Å². The molecule has 0 radical (unpaired) electrons. The fraction of sp³-hybridized carbons (Fsp3) is 0.545. The van der Waals surface area contributed by atoms with Crippen molar-refractivity contribution in [3.8, 4) is 0 Å². The van der Waals surface area contributed by atoms with E-state index in [9.17, 15) is 4.39 Å². The summed E-state index contributed by atoms with van der Waals surface area (Å²) in [5.74, 6) is -0.402. The zero-order chi connectivity index (χ0) is 12.2. The molecule has 0 aliphatic heterocycles. The molecule has 0 spiro atoms. The molecule has 3 N–H and O–H groups in total. The molecule has 1 aromatic rings. The normalized spacial score (nSPS) is 13.8. The van der Waals surface area contributed by atoms with Crippen molar-refractivity contribution >= 4 is 0 Å². The average molecular weight is 228 g/mol. The van der Waals surface area contributed by atoms with Crippen LogP contribution < -0.4 is 5.32 Å². The summed E-state index contributed by atoms with van der Waals surface area (Å²) in [7, 11) is 0. The monoisotopic (exact) mass is 228 g/mol. The Labute approximate surface area is 94.1 Å². The summed E-state index contributed by atoms with van der Waals surface area (Å²) in [5, 5.41) is 21.3. The Morgan fingerprint density at radius 2 is 2.06 bits per heavy atom. The summed E-state index contributed by atoms with van der Waals surface area (Å²) in [4.78, 5) is 3.75. The SMILES string of the molecule is CC(NC(C)(CO)CO)c1cncc(F)c1. The molecule has 1 aromatic heterocycles. The van der Waals surface area contributed by atoms with E-state index in [1.165, 1.54) is 6.07 Å². The Morgan fingerprint density at radius 1 is 1.44 bits per heavy atom. The smallest absolute Gasteiger partial charge is 0.141 e. The molecule has 0 saturated heterocycles. The molecule has 1 rings (SSSR count). The molecule has 0 bridgehead atoms. The molecule has 5 heteroatoms. The van der Waals surface area contributed by atoms with E-state index in [4.69, 9.17) is 10.2 Å². The van der Waals surface area contributed by atoms with Gasteiger partial charge in [-0.25, -0.2) is 4.39 Å². The zero-order valence-electron chi connectivity index (χ0n) is 9.44. The van der Waals surface area contributed by atoms with Crippen LogP contribution in [0.25, 0.3) is 0 Å². The van der Waals surface area contributed by atoms with Gasteiger partial charge in [-0.3, -0.25) is 4.98 Å². The van der Waals surface area contributed by atoms with Crippen molar-refractivity contribution in [1.82, 2.24) is 10.3 Å². The number of nitrogens with zero attached hydrogens (tertiary/aromatic N) is 1. The summed E-state index contributed by atoms with van der Waals surface area (Å²) in [6.07, 6.45) is 2.68. The molecule has 4 nitrogen and oxygen atoms in total. The van der Waals surface area contributed by atoms with Crippen LogP contribution in [-0.4, -0.2) is 33.9 Å². The molecule has 1 atom stereocenters. The van der Waals surface area contributed by atoms with Gasteiger partial charge >= 0.3 is 0 Å². The van der Waals surface area contributed by atoms with Gasteiger partial charge in [0.25, 0.3) is 0 Å². The summed E-state index contributed by atoms with van der Waals surface area (Å²) in [5.41, 5.74) is -0.112. The van der Waals surface area contributed by atoms with E-state index in [0.29, 0.717) is 5.56 Å². The number of pyridine rings is 1. The maximum atomic E-state index is 12.9. The number of nitrogens with one attached hydrogen (secondary N) is 1. The van der Waals surface area contributed by atoms with E-state index in [2.05, 4.69) is 10.3 Å². The fourth-order valence-electron chi connectivity index (χ4n) is 1.41. The van der Waals surface area contributed by atoms with Crippen molar-refractivity contribution < 1.29 is 14.6 Å². The number of hydrogen-bond acceptors (Lipinski definition) is 4. The van der Waals surface area contributed by atoms with Crippen LogP contribution in [0.15, 0.2) is 18.5 Å². The Kier molecular flexibility index (Phi) is 4.35. The maximum Gasteiger partial charge on any atom is 0.141 e. The van der Waals surface area contributed by atoms with Gasteiger partial charge in [0.2, 0.25) is 0 Å². The molecular weight excluding hydrogens is 211 g/mol. The van der Waals surface area contributed by atoms with Gasteiger partial charge in [0, 0.05) is 12.2 Å². The highest BCUT2D eigenvalue weighted by molar-refractivity contribution is 5.15. The van der Waals surface area contributed by atoms with Crippen LogP contribution in [-0.2, 0) is 0 Å². The lowest BCUT2D eigenvalue weighted by atomic mass is 10.0. The van der Waals surface area contributed by atoms with Crippen molar-refractivity contribution in [3.63, 3.8) is 0 Å². The Morgan fingerprint density at radius 3 is 2.56 bits per heavy atom. The molecule has 0 aliphatic carbocycles. The highest BCUT2D eigenvalue weighted by atomic mass is 19.1. The van der Waals surface area contributed by atoms with Crippen molar-refractivity contribution in [2.45, 2.75) is 25.4 Å². The summed E-state index contributed by atoms with van der Waals surface area (Å²) >= 11 is 0. The van der Waals surface area contributed by atoms with Gasteiger partial charge in [0.05, 0.1) is 24.9 Å². The minimum Gasteiger partial charge on any atom is -0.394 e. The van der Waals surface area contributed by atoms with Gasteiger partial charge in [0.1, 0.15) is 5.82 Å². The Hall–Kier alpha value is -1.04. The molecule has 0 saturated carbocycles. The first-order valence-electron chi connectivity index (χ1n) is 5.10. The molecular formula is C11H17FN2O2. The third-order valence-corrected chi connectivity index (χ3v) is 2.49. The first-order valence-corrected chi connectivity index (χ1v) is 5.10. The average Bonchev–Trinajstić information content (AvgIpc) is 2.29. The highest BCUT2D eigenvalue weighted by Crippen LogP contribution is 2.16. The van der Waals surface area contributed by atoms with Crippen LogP contribution in [0.2, 0.25) is 0 Å². The second-order valence-electron chi connectivity index (χ2n) is 4.18. The largest absolute Gasteiger partial charge is 0.394 e. The van der Waals surface area contributed by atoms with Crippen molar-refractivity contribution in [1.29, 1.82) is 0 Å². The molecule has 1 unspecified atom stereocenters. The van der Waals surface area contributed by atoms with Crippen LogP contribution in [0.1, 0.15) is 25.5 Å². The maximum absolute atomic E-state index is 12.9. The quantitative estimate of drug-likeness (QED) is 0.691. The lowest BCUT2D eigenvalue weighted by Crippen LogP contribution is -2.49. The zero-order valence-corrected chi connectivity index (χ0v) is 9.44. The molecule has 0 aromatic carbocycles. The summed E-state index contributed by atoms with van der Waals surface area (Å²) in [6.45, 7) is 3.11. The number of hydrogen-bond donors (Lipinski definition) is 3. The standard InChI is InChI=1S/C11H17FN2O2/c1-8(14-11(2,6-15)7-16)9-3-10(12)5-13-4-9/h3-5,8,14-16H,6-7H2,1-2H3. The molecule has 0 fully saturated rings. The predicted octanol–water partition coefficient (Wildman–Crippen LogP) is 0.615. The fourth-order valence-corrected chi connectivity index (χ4v) is 1.41. The van der Waals surface area contributed by atoms with Crippen molar-refractivity contribution in [2.24, 2.45) is 0 Å². The predicted molar refractivity (Wildman–Crippen MR) is 58.3 cm³/mol. The van der Waals surface area contributed by atoms with E-state index in [0.717, 1.165) is 6.20 Å². The first-order chi connectivity index (χ1) is 7.50. The Balaban J connectivity index is 2.75. The van der Waals surface area contributed by atoms with Gasteiger partial charge in [-0.1, -0.05) is 0 Å². The van der Waals surface area contributed by atoms with Crippen LogP contribution in [0.4, 0.5) is 4.39 Å². The lowest BCUT2D eigenvalue weighted by molar-refractivity contribution is 0.0957. The number of aliphatic hydroxyl groups is 2. The van der Waals surface area contributed by atoms with E-state index in [1.807, 2.05) is 6.92 Å². The van der Waals surface area contributed by atoms with E-state index in [1.54, 1.807) is 13.1 Å². The molecule has 1 heterocycles. The highest BCUT2D eigenvalue weighted by Gasteiger charge is 2.24. The van der Waals surface area contributed by atoms with Gasteiger partial charge < -0.3 is 15.5 Å². The van der Waals surface area contributed by atoms with Gasteiger partial charge in [-0.05, 0) is 25.5 Å². The molecule has 90 valence electrons. The van der Waals surface area contributed by atoms with Crippen LogP contribution >= 0.6 is 0 Å². The van der Waals surface area contributed by atoms with E-state index < -0.39 is 11.4 Å². The molecule has 0 amide bonds. The van der Waals surface area contributed by atoms with Crippen LogP contribution in [0, 0.1) is 5.82 Å². The number of aromatic nitrogens is 1. The van der Waals surface area contributed by atoms with E-state index >= 15 is 0 Å². The molecule has 16 heavy (non-hydrogen) atoms. The minimum absolute atomic E-state index is 0.198. The number of aliphatic hydroxyl groups excluding tert-OH is 2. The number of rotatable bonds is 5. The van der Waals surface area contributed by atoms with Crippen LogP contribution in [0.5, 0.6) is 0 Å². The molecule has 0 aliphatic rings. The first kappa shape index (κ1) is 13.0. The topological polar surface area (TPSA) is 65.4 Å². The third kappa shape index (κ3) is 3.23. The van der Waals surface area contributed by atoms with E-state index in [-0.39, 0.29) is 19.3 Å². The minimum atomic E-state index is -0.786. The second kappa shape index (κ2) is 5.34. The summed E-state index contributed by atoms with van der Waals surface area (Å²) < 4.78 is 12.9. The Bertz CT molecular complexity index is 343. The van der Waals surface area contributed by atoms with Gasteiger partial charge in [-0.15, -0.1) is 0 Å². The van der Waals surface area contributed by atoms with Crippen LogP contribution in [0.3, 0.4) is 0 Å².